The lowest BCUT2D eigenvalue weighted by molar-refractivity contribution is 0.139. The van der Waals surface area contributed by atoms with Crippen LogP contribution in [0.5, 0.6) is 11.5 Å². The molecule has 0 unspecified atom stereocenters. The number of nitrogens with zero attached hydrogens (tertiary/aromatic N) is 1. The number of nitrogens with one attached hydrogen (secondary N) is 1. The van der Waals surface area contributed by atoms with Gasteiger partial charge in [0.25, 0.3) is 0 Å². The molecule has 1 aromatic carbocycles. The molecule has 2 fully saturated rings. The molecule has 3 rings (SSSR count). The van der Waals surface area contributed by atoms with Gasteiger partial charge in [0.15, 0.2) is 9.84 Å². The Morgan fingerprint density at radius 2 is 1.96 bits per heavy atom. The highest BCUT2D eigenvalue weighted by Crippen LogP contribution is 2.29. The molecule has 0 saturated carbocycles. The van der Waals surface area contributed by atoms with Crippen molar-refractivity contribution < 1.29 is 17.9 Å². The molecule has 1 N–H and O–H groups in total. The summed E-state index contributed by atoms with van der Waals surface area (Å²) in [4.78, 5) is 2.24. The second kappa shape index (κ2) is 8.24. The number of hydrogen-bond acceptors (Lipinski definition) is 6. The number of hydrogen-bond donors (Lipinski definition) is 1. The third-order valence-corrected chi connectivity index (χ3v) is 6.45. The number of ether oxygens (including phenoxy) is 2. The lowest BCUT2D eigenvalue weighted by Crippen LogP contribution is -2.56. The molecule has 2 atom stereocenters. The number of sulfone groups is 1. The molecule has 2 saturated heterocycles. The summed E-state index contributed by atoms with van der Waals surface area (Å²) in [7, 11) is -2.97. The quantitative estimate of drug-likeness (QED) is 0.690. The van der Waals surface area contributed by atoms with Crippen LogP contribution in [-0.4, -0.2) is 63.2 Å². The van der Waals surface area contributed by atoms with E-state index in [4.69, 9.17) is 9.47 Å². The smallest absolute Gasteiger partial charge is 0.153 e. The summed E-state index contributed by atoms with van der Waals surface area (Å²) in [5.74, 6) is 1.90. The molecule has 0 aliphatic carbocycles. The Balaban J connectivity index is 1.78. The van der Waals surface area contributed by atoms with Crippen molar-refractivity contribution in [2.24, 2.45) is 0 Å². The van der Waals surface area contributed by atoms with Gasteiger partial charge in [-0.15, -0.1) is 0 Å². The number of piperazine rings is 1. The van der Waals surface area contributed by atoms with Crippen molar-refractivity contribution in [1.82, 2.24) is 10.2 Å². The molecule has 26 heavy (non-hydrogen) atoms. The Kier molecular flexibility index (Phi) is 6.01. The Hall–Kier alpha value is -1.83. The van der Waals surface area contributed by atoms with Gasteiger partial charge in [-0.2, -0.15) is 0 Å². The van der Waals surface area contributed by atoms with E-state index in [-0.39, 0.29) is 23.6 Å². The third kappa shape index (κ3) is 4.47. The first-order chi connectivity index (χ1) is 12.5. The average Bonchev–Trinajstić information content (AvgIpc) is 2.94. The molecule has 0 bridgehead atoms. The van der Waals surface area contributed by atoms with Crippen LogP contribution in [0.3, 0.4) is 0 Å². The van der Waals surface area contributed by atoms with E-state index >= 15 is 0 Å². The van der Waals surface area contributed by atoms with Crippen LogP contribution in [-0.2, 0) is 16.4 Å². The highest BCUT2D eigenvalue weighted by atomic mass is 32.2. The molecule has 0 aromatic heterocycles. The van der Waals surface area contributed by atoms with E-state index < -0.39 is 9.84 Å². The highest BCUT2D eigenvalue weighted by Gasteiger charge is 2.42. The normalized spacial score (nSPS) is 24.6. The van der Waals surface area contributed by atoms with Gasteiger partial charge in [0.05, 0.1) is 11.5 Å². The van der Waals surface area contributed by atoms with Crippen molar-refractivity contribution >= 4 is 9.84 Å². The largest absolute Gasteiger partial charge is 0.489 e. The Morgan fingerprint density at radius 3 is 2.73 bits per heavy atom. The molecule has 7 heteroatoms. The monoisotopic (exact) mass is 378 g/mol. The van der Waals surface area contributed by atoms with Gasteiger partial charge >= 0.3 is 0 Å². The van der Waals surface area contributed by atoms with Gasteiger partial charge in [-0.25, -0.2) is 8.42 Å². The van der Waals surface area contributed by atoms with Crippen LogP contribution < -0.4 is 14.8 Å². The Bertz CT molecular complexity index is 763. The van der Waals surface area contributed by atoms with Crippen molar-refractivity contribution in [1.29, 1.82) is 0 Å². The minimum absolute atomic E-state index is 0.0118. The molecule has 0 amide bonds. The van der Waals surface area contributed by atoms with Crippen molar-refractivity contribution in [2.75, 3.05) is 37.8 Å². The van der Waals surface area contributed by atoms with Crippen molar-refractivity contribution in [2.45, 2.75) is 18.6 Å². The highest BCUT2D eigenvalue weighted by molar-refractivity contribution is 7.91. The summed E-state index contributed by atoms with van der Waals surface area (Å²) in [5, 5.41) is 3.34. The van der Waals surface area contributed by atoms with E-state index in [9.17, 15) is 8.42 Å². The fraction of sp³-hybridized carbons (Fsp3) is 0.474. The van der Waals surface area contributed by atoms with Gasteiger partial charge in [-0.05, 0) is 6.07 Å². The summed E-state index contributed by atoms with van der Waals surface area (Å²) in [5.41, 5.74) is 1.02. The molecule has 2 heterocycles. The number of fused-ring (bicyclic) bond motifs is 1. The fourth-order valence-electron chi connectivity index (χ4n) is 3.55. The molecular formula is C19H26N2O4S. The zero-order chi connectivity index (χ0) is 18.6. The molecule has 2 aliphatic rings. The summed E-state index contributed by atoms with van der Waals surface area (Å²) in [6, 6.07) is 5.79. The van der Waals surface area contributed by atoms with Gasteiger partial charge in [0, 0.05) is 43.3 Å². The molecule has 142 valence electrons. The van der Waals surface area contributed by atoms with E-state index in [1.54, 1.807) is 12.2 Å². The first-order valence-corrected chi connectivity index (χ1v) is 10.6. The zero-order valence-corrected chi connectivity index (χ0v) is 15.7. The van der Waals surface area contributed by atoms with Crippen LogP contribution in [0.1, 0.15) is 5.56 Å². The number of benzene rings is 1. The second-order valence-corrected chi connectivity index (χ2v) is 8.80. The van der Waals surface area contributed by atoms with Gasteiger partial charge in [0.1, 0.15) is 24.7 Å². The molecular weight excluding hydrogens is 352 g/mol. The minimum Gasteiger partial charge on any atom is -0.489 e. The van der Waals surface area contributed by atoms with Crippen LogP contribution >= 0.6 is 0 Å². The fourth-order valence-corrected chi connectivity index (χ4v) is 5.54. The van der Waals surface area contributed by atoms with Crippen molar-refractivity contribution in [3.8, 4) is 11.5 Å². The molecule has 6 nitrogen and oxygen atoms in total. The molecule has 0 radical (unpaired) electrons. The van der Waals surface area contributed by atoms with Crippen LogP contribution in [0.25, 0.3) is 0 Å². The molecule has 0 spiro atoms. The minimum atomic E-state index is -2.97. The van der Waals surface area contributed by atoms with E-state index in [0.717, 1.165) is 24.4 Å². The van der Waals surface area contributed by atoms with E-state index in [0.29, 0.717) is 25.5 Å². The Labute approximate surface area is 155 Å². The molecule has 2 aliphatic heterocycles. The van der Waals surface area contributed by atoms with Crippen molar-refractivity contribution in [3.05, 3.63) is 49.1 Å². The van der Waals surface area contributed by atoms with Gasteiger partial charge in [-0.3, -0.25) is 4.90 Å². The van der Waals surface area contributed by atoms with Gasteiger partial charge in [0.2, 0.25) is 0 Å². The summed E-state index contributed by atoms with van der Waals surface area (Å²) in [6.45, 7) is 10.4. The zero-order valence-electron chi connectivity index (χ0n) is 14.9. The topological polar surface area (TPSA) is 67.9 Å². The van der Waals surface area contributed by atoms with E-state index in [2.05, 4.69) is 23.4 Å². The predicted octanol–water partition coefficient (Wildman–Crippen LogP) is 1.39. The van der Waals surface area contributed by atoms with Gasteiger partial charge in [-0.1, -0.05) is 31.4 Å². The molecule has 1 aromatic rings. The predicted molar refractivity (Wildman–Crippen MR) is 102 cm³/mol. The lowest BCUT2D eigenvalue weighted by Gasteiger charge is -2.37. The van der Waals surface area contributed by atoms with E-state index in [1.807, 2.05) is 18.2 Å². The summed E-state index contributed by atoms with van der Waals surface area (Å²) in [6.07, 6.45) is 3.39. The maximum atomic E-state index is 12.0. The van der Waals surface area contributed by atoms with E-state index in [1.165, 1.54) is 0 Å². The second-order valence-electron chi connectivity index (χ2n) is 6.64. The van der Waals surface area contributed by atoms with Crippen LogP contribution in [0, 0.1) is 0 Å². The van der Waals surface area contributed by atoms with Crippen LogP contribution in [0.2, 0.25) is 0 Å². The number of rotatable bonds is 8. The van der Waals surface area contributed by atoms with Crippen LogP contribution in [0.4, 0.5) is 0 Å². The maximum absolute atomic E-state index is 12.0. The first kappa shape index (κ1) is 18.9. The summed E-state index contributed by atoms with van der Waals surface area (Å²) >= 11 is 0. The SMILES string of the molecule is C=CCOc1ccc(CN2CCN[C@H]3CS(=O)(=O)C[C@H]32)c(OCC=C)c1. The summed E-state index contributed by atoms with van der Waals surface area (Å²) < 4.78 is 35.4. The lowest BCUT2D eigenvalue weighted by atomic mass is 10.1. The maximum Gasteiger partial charge on any atom is 0.153 e. The van der Waals surface area contributed by atoms with Crippen molar-refractivity contribution in [3.63, 3.8) is 0 Å². The average molecular weight is 378 g/mol. The third-order valence-electron chi connectivity index (χ3n) is 4.73. The van der Waals surface area contributed by atoms with Crippen LogP contribution in [0.15, 0.2) is 43.5 Å². The first-order valence-electron chi connectivity index (χ1n) is 8.80. The Morgan fingerprint density at radius 1 is 1.19 bits per heavy atom. The standard InChI is InChI=1S/C19H26N2O4S/c1-3-9-24-16-6-5-15(19(11-16)25-10-4-2)12-21-8-7-20-17-13-26(22,23)14-18(17)21/h3-6,11,17-18,20H,1-2,7-10,12-14H2/t17-,18+/m0/s1. The van der Waals surface area contributed by atoms with Gasteiger partial charge < -0.3 is 14.8 Å².